The number of hydrogen-bond donors (Lipinski definition) is 2. The fraction of sp³-hybridized carbons (Fsp3) is 0.600. The molecule has 0 bridgehead atoms. The van der Waals surface area contributed by atoms with Crippen LogP contribution in [0.15, 0.2) is 24.3 Å². The number of sulfonamides is 1. The van der Waals surface area contributed by atoms with Gasteiger partial charge in [0, 0.05) is 13.2 Å². The third kappa shape index (κ3) is 8.16. The van der Waals surface area contributed by atoms with E-state index in [4.69, 9.17) is 9.84 Å². The molecule has 0 amide bonds. The van der Waals surface area contributed by atoms with E-state index in [0.717, 1.165) is 18.4 Å². The Hall–Kier alpha value is -0.950. The van der Waals surface area contributed by atoms with Crippen LogP contribution in [0.4, 0.5) is 0 Å². The summed E-state index contributed by atoms with van der Waals surface area (Å²) in [6.07, 6.45) is 1.81. The van der Waals surface area contributed by atoms with Gasteiger partial charge in [-0.25, -0.2) is 13.1 Å². The summed E-state index contributed by atoms with van der Waals surface area (Å²) in [6, 6.07) is 6.91. The van der Waals surface area contributed by atoms with Crippen LogP contribution in [-0.4, -0.2) is 32.8 Å². The highest BCUT2D eigenvalue weighted by Crippen LogP contribution is 2.08. The molecule has 0 aliphatic rings. The van der Waals surface area contributed by atoms with E-state index in [2.05, 4.69) is 4.72 Å². The molecule has 21 heavy (non-hydrogen) atoms. The lowest BCUT2D eigenvalue weighted by Gasteiger charge is -2.09. The topological polar surface area (TPSA) is 75.6 Å². The zero-order chi connectivity index (χ0) is 15.7. The predicted molar refractivity (Wildman–Crippen MR) is 83.3 cm³/mol. The van der Waals surface area contributed by atoms with Crippen molar-refractivity contribution in [1.82, 2.24) is 4.72 Å². The Morgan fingerprint density at radius 1 is 1.14 bits per heavy atom. The van der Waals surface area contributed by atoms with Crippen molar-refractivity contribution >= 4 is 10.0 Å². The van der Waals surface area contributed by atoms with Crippen LogP contribution >= 0.6 is 0 Å². The standard InChI is InChI=1S/C15H25NO4S/c1-13(2)20-10-4-3-9-16-21(18,19)12-15-7-5-14(11-17)6-8-15/h5-8,13,16-17H,3-4,9-12H2,1-2H3. The van der Waals surface area contributed by atoms with Crippen LogP contribution in [0, 0.1) is 0 Å². The molecular formula is C15H25NO4S. The lowest BCUT2D eigenvalue weighted by atomic mass is 10.2. The summed E-state index contributed by atoms with van der Waals surface area (Å²) in [5, 5.41) is 8.94. The van der Waals surface area contributed by atoms with E-state index in [9.17, 15) is 8.42 Å². The molecule has 1 rings (SSSR count). The summed E-state index contributed by atoms with van der Waals surface area (Å²) in [7, 11) is -3.31. The molecule has 0 heterocycles. The highest BCUT2D eigenvalue weighted by molar-refractivity contribution is 7.88. The molecule has 0 radical (unpaired) electrons. The van der Waals surface area contributed by atoms with Gasteiger partial charge in [-0.3, -0.25) is 0 Å². The van der Waals surface area contributed by atoms with Crippen LogP contribution in [0.5, 0.6) is 0 Å². The Balaban J connectivity index is 2.29. The van der Waals surface area contributed by atoms with E-state index < -0.39 is 10.0 Å². The highest BCUT2D eigenvalue weighted by atomic mass is 32.2. The Bertz CT molecular complexity index is 497. The first-order valence-corrected chi connectivity index (χ1v) is 8.86. The Morgan fingerprint density at radius 2 is 1.76 bits per heavy atom. The van der Waals surface area contributed by atoms with Crippen molar-refractivity contribution in [2.45, 2.75) is 45.2 Å². The number of benzene rings is 1. The number of ether oxygens (including phenoxy) is 1. The number of aliphatic hydroxyl groups excluding tert-OH is 1. The maximum absolute atomic E-state index is 11.9. The second kappa shape index (κ2) is 9.15. The van der Waals surface area contributed by atoms with Crippen molar-refractivity contribution in [2.24, 2.45) is 0 Å². The molecule has 0 atom stereocenters. The maximum atomic E-state index is 11.9. The molecule has 6 heteroatoms. The van der Waals surface area contributed by atoms with Crippen molar-refractivity contribution in [3.63, 3.8) is 0 Å². The molecule has 0 aromatic heterocycles. The fourth-order valence-electron chi connectivity index (χ4n) is 1.79. The first-order valence-electron chi connectivity index (χ1n) is 7.20. The van der Waals surface area contributed by atoms with Crippen LogP contribution in [0.25, 0.3) is 0 Å². The predicted octanol–water partition coefficient (Wildman–Crippen LogP) is 1.80. The third-order valence-electron chi connectivity index (χ3n) is 2.91. The Kier molecular flexibility index (Phi) is 7.88. The van der Waals surface area contributed by atoms with Gasteiger partial charge in [0.2, 0.25) is 10.0 Å². The number of nitrogens with one attached hydrogen (secondary N) is 1. The zero-order valence-electron chi connectivity index (χ0n) is 12.7. The summed E-state index contributed by atoms with van der Waals surface area (Å²) in [6.45, 7) is 5.00. The van der Waals surface area contributed by atoms with E-state index in [1.165, 1.54) is 0 Å². The second-order valence-corrected chi connectivity index (χ2v) is 7.06. The Morgan fingerprint density at radius 3 is 2.33 bits per heavy atom. The molecule has 0 aliphatic carbocycles. The van der Waals surface area contributed by atoms with Gasteiger partial charge in [0.15, 0.2) is 0 Å². The quantitative estimate of drug-likeness (QED) is 0.646. The molecule has 1 aromatic carbocycles. The minimum absolute atomic E-state index is 0.0380. The van der Waals surface area contributed by atoms with E-state index in [1.54, 1.807) is 24.3 Å². The van der Waals surface area contributed by atoms with E-state index >= 15 is 0 Å². The summed E-state index contributed by atoms with van der Waals surface area (Å²) in [5.41, 5.74) is 1.48. The number of unbranched alkanes of at least 4 members (excludes halogenated alkanes) is 1. The van der Waals surface area contributed by atoms with Gasteiger partial charge in [-0.15, -0.1) is 0 Å². The van der Waals surface area contributed by atoms with Crippen LogP contribution in [0.2, 0.25) is 0 Å². The van der Waals surface area contributed by atoms with Crippen LogP contribution in [0.3, 0.4) is 0 Å². The summed E-state index contributed by atoms with van der Waals surface area (Å²) in [5.74, 6) is -0.0405. The van der Waals surface area contributed by atoms with Crippen molar-refractivity contribution in [3.05, 3.63) is 35.4 Å². The largest absolute Gasteiger partial charge is 0.392 e. The first kappa shape index (κ1) is 18.1. The minimum Gasteiger partial charge on any atom is -0.392 e. The van der Waals surface area contributed by atoms with Gasteiger partial charge in [0.1, 0.15) is 0 Å². The lowest BCUT2D eigenvalue weighted by molar-refractivity contribution is 0.0762. The maximum Gasteiger partial charge on any atom is 0.215 e. The van der Waals surface area contributed by atoms with Gasteiger partial charge >= 0.3 is 0 Å². The van der Waals surface area contributed by atoms with Crippen molar-refractivity contribution in [2.75, 3.05) is 13.2 Å². The molecule has 5 nitrogen and oxygen atoms in total. The average molecular weight is 315 g/mol. The van der Waals surface area contributed by atoms with Crippen molar-refractivity contribution in [1.29, 1.82) is 0 Å². The Labute approximate surface area is 127 Å². The molecule has 0 spiro atoms. The number of hydrogen-bond acceptors (Lipinski definition) is 4. The van der Waals surface area contributed by atoms with Crippen LogP contribution in [-0.2, 0) is 27.1 Å². The highest BCUT2D eigenvalue weighted by Gasteiger charge is 2.10. The molecule has 0 saturated carbocycles. The molecular weight excluding hydrogens is 290 g/mol. The summed E-state index contributed by atoms with van der Waals surface area (Å²) in [4.78, 5) is 0. The molecule has 0 unspecified atom stereocenters. The van der Waals surface area contributed by atoms with E-state index in [1.807, 2.05) is 13.8 Å². The van der Waals surface area contributed by atoms with E-state index in [-0.39, 0.29) is 18.5 Å². The normalized spacial score (nSPS) is 12.0. The van der Waals surface area contributed by atoms with Crippen molar-refractivity contribution < 1.29 is 18.3 Å². The average Bonchev–Trinajstić information content (AvgIpc) is 2.43. The molecule has 0 fully saturated rings. The zero-order valence-corrected chi connectivity index (χ0v) is 13.5. The summed E-state index contributed by atoms with van der Waals surface area (Å²) < 4.78 is 31.8. The van der Waals surface area contributed by atoms with Gasteiger partial charge in [0.05, 0.1) is 18.5 Å². The monoisotopic (exact) mass is 315 g/mol. The molecule has 2 N–H and O–H groups in total. The fourth-order valence-corrected chi connectivity index (χ4v) is 2.97. The van der Waals surface area contributed by atoms with Gasteiger partial charge in [0.25, 0.3) is 0 Å². The van der Waals surface area contributed by atoms with E-state index in [0.29, 0.717) is 18.7 Å². The van der Waals surface area contributed by atoms with Crippen LogP contribution in [0.1, 0.15) is 37.8 Å². The van der Waals surface area contributed by atoms with Gasteiger partial charge in [-0.1, -0.05) is 24.3 Å². The first-order chi connectivity index (χ1) is 9.93. The lowest BCUT2D eigenvalue weighted by Crippen LogP contribution is -2.26. The van der Waals surface area contributed by atoms with Gasteiger partial charge in [-0.2, -0.15) is 0 Å². The van der Waals surface area contributed by atoms with Gasteiger partial charge < -0.3 is 9.84 Å². The molecule has 1 aromatic rings. The van der Waals surface area contributed by atoms with Crippen LogP contribution < -0.4 is 4.72 Å². The van der Waals surface area contributed by atoms with Gasteiger partial charge in [-0.05, 0) is 37.8 Å². The number of aliphatic hydroxyl groups is 1. The molecule has 0 saturated heterocycles. The summed E-state index contributed by atoms with van der Waals surface area (Å²) >= 11 is 0. The number of rotatable bonds is 10. The third-order valence-corrected chi connectivity index (χ3v) is 4.26. The smallest absolute Gasteiger partial charge is 0.215 e. The second-order valence-electron chi connectivity index (χ2n) is 5.25. The molecule has 0 aliphatic heterocycles. The SMILES string of the molecule is CC(C)OCCCCNS(=O)(=O)Cc1ccc(CO)cc1. The molecule has 120 valence electrons. The minimum atomic E-state index is -3.31. The van der Waals surface area contributed by atoms with Crippen molar-refractivity contribution in [3.8, 4) is 0 Å².